The zero-order chi connectivity index (χ0) is 36.0. The van der Waals surface area contributed by atoms with Crippen LogP contribution in [-0.2, 0) is 27.2 Å². The summed E-state index contributed by atoms with van der Waals surface area (Å²) in [5, 5.41) is 1.51. The molecule has 1 aliphatic carbocycles. The summed E-state index contributed by atoms with van der Waals surface area (Å²) in [7, 11) is 1.68. The maximum atomic E-state index is 14.6. The molecule has 0 bridgehead atoms. The monoisotopic (exact) mass is 745 g/mol. The van der Waals surface area contributed by atoms with Crippen molar-refractivity contribution in [2.24, 2.45) is 5.92 Å². The molecule has 2 aliphatic rings. The van der Waals surface area contributed by atoms with Gasteiger partial charge in [-0.15, -0.1) is 0 Å². The Bertz CT molecular complexity index is 1620. The molecule has 2 aromatic carbocycles. The number of aromatic nitrogens is 1. The number of rotatable bonds is 13. The Hall–Kier alpha value is -3.24. The normalized spacial score (nSPS) is 17.7. The molecule has 270 valence electrons. The van der Waals surface area contributed by atoms with Gasteiger partial charge in [0, 0.05) is 56.0 Å². The average Bonchev–Trinajstić information content (AvgIpc) is 3.91. The largest absolute Gasteiger partial charge is 0.487 e. The molecule has 3 aromatic rings. The minimum absolute atomic E-state index is 0.00461. The molecule has 1 aliphatic heterocycles. The van der Waals surface area contributed by atoms with E-state index in [4.69, 9.17) is 53.8 Å². The Labute approximate surface area is 310 Å². The van der Waals surface area contributed by atoms with Crippen molar-refractivity contribution in [3.63, 3.8) is 0 Å². The Morgan fingerprint density at radius 1 is 0.940 bits per heavy atom. The highest BCUT2D eigenvalue weighted by molar-refractivity contribution is 6.37. The lowest BCUT2D eigenvalue weighted by Crippen LogP contribution is -2.51. The van der Waals surface area contributed by atoms with E-state index in [9.17, 15) is 9.59 Å². The first-order valence-corrected chi connectivity index (χ1v) is 18.2. The minimum Gasteiger partial charge on any atom is -0.487 e. The van der Waals surface area contributed by atoms with Gasteiger partial charge >= 0.3 is 6.09 Å². The molecule has 0 radical (unpaired) electrons. The molecular weight excluding hydrogens is 701 g/mol. The van der Waals surface area contributed by atoms with Crippen LogP contribution in [-0.4, -0.2) is 78.4 Å². The smallest absolute Gasteiger partial charge is 0.410 e. The number of likely N-dealkylation sites (tertiary alicyclic amines) is 1. The lowest BCUT2D eigenvalue weighted by molar-refractivity contribution is -0.139. The van der Waals surface area contributed by atoms with Crippen molar-refractivity contribution >= 4 is 46.8 Å². The number of ether oxygens (including phenoxy) is 4. The standard InChI is InChI=1S/C38H46Cl3N3O6/c1-24-18-32(40)35(33(41)19-24)49-17-16-48-34-11-7-26(21-42-34)29-12-14-43(37(46)50-38(2,3)4)23-30(29)36(45)44(28-8-9-28)22-27-20-25(13-15-47-5)6-10-31(27)39/h6-7,10-11,18-21,28-30H,8-9,12-17,22-23H2,1-5H3/t29-,30+/m1/s1. The van der Waals surface area contributed by atoms with Gasteiger partial charge in [0.05, 0.1) is 22.6 Å². The van der Waals surface area contributed by atoms with Gasteiger partial charge in [0.15, 0.2) is 5.75 Å². The lowest BCUT2D eigenvalue weighted by Gasteiger charge is -2.40. The van der Waals surface area contributed by atoms with Crippen molar-refractivity contribution in [2.75, 3.05) is 40.0 Å². The Balaban J connectivity index is 1.31. The number of aryl methyl sites for hydroxylation is 1. The number of pyridine rings is 1. The van der Waals surface area contributed by atoms with Crippen LogP contribution in [0.25, 0.3) is 0 Å². The first kappa shape index (κ1) is 38.0. The Morgan fingerprint density at radius 2 is 1.66 bits per heavy atom. The first-order valence-electron chi connectivity index (χ1n) is 17.0. The minimum atomic E-state index is -0.651. The molecule has 1 aromatic heterocycles. The quantitative estimate of drug-likeness (QED) is 0.162. The summed E-state index contributed by atoms with van der Waals surface area (Å²) in [6.07, 6.45) is 4.53. The number of hydrogen-bond acceptors (Lipinski definition) is 7. The summed E-state index contributed by atoms with van der Waals surface area (Å²) < 4.78 is 22.6. The van der Waals surface area contributed by atoms with Gasteiger partial charge in [0.2, 0.25) is 11.8 Å². The van der Waals surface area contributed by atoms with Gasteiger partial charge in [-0.2, -0.15) is 0 Å². The Morgan fingerprint density at radius 3 is 2.30 bits per heavy atom. The topological polar surface area (TPSA) is 90.4 Å². The van der Waals surface area contributed by atoms with Crippen LogP contribution in [0.1, 0.15) is 68.2 Å². The maximum Gasteiger partial charge on any atom is 0.410 e. The van der Waals surface area contributed by atoms with E-state index in [2.05, 4.69) is 11.1 Å². The number of methoxy groups -OCH3 is 1. The maximum absolute atomic E-state index is 14.6. The average molecular weight is 747 g/mol. The van der Waals surface area contributed by atoms with Crippen LogP contribution in [0, 0.1) is 12.8 Å². The van der Waals surface area contributed by atoms with Crippen molar-refractivity contribution in [1.29, 1.82) is 0 Å². The highest BCUT2D eigenvalue weighted by atomic mass is 35.5. The van der Waals surface area contributed by atoms with Crippen molar-refractivity contribution in [3.8, 4) is 11.6 Å². The predicted octanol–water partition coefficient (Wildman–Crippen LogP) is 8.53. The van der Waals surface area contributed by atoms with Crippen LogP contribution in [0.5, 0.6) is 11.6 Å². The lowest BCUT2D eigenvalue weighted by atomic mass is 9.80. The van der Waals surface area contributed by atoms with Crippen molar-refractivity contribution in [3.05, 3.63) is 86.0 Å². The van der Waals surface area contributed by atoms with E-state index >= 15 is 0 Å². The third-order valence-corrected chi connectivity index (χ3v) is 9.74. The second-order valence-corrected chi connectivity index (χ2v) is 15.2. The third-order valence-electron chi connectivity index (χ3n) is 8.81. The summed E-state index contributed by atoms with van der Waals surface area (Å²) in [4.78, 5) is 36.0. The molecule has 2 fully saturated rings. The second-order valence-electron chi connectivity index (χ2n) is 14.0. The van der Waals surface area contributed by atoms with E-state index in [0.29, 0.717) is 52.8 Å². The number of piperidine rings is 1. The summed E-state index contributed by atoms with van der Waals surface area (Å²) in [5.74, 6) is 0.172. The van der Waals surface area contributed by atoms with Crippen molar-refractivity contribution in [2.45, 2.75) is 77.5 Å². The molecule has 2 heterocycles. The first-order chi connectivity index (χ1) is 23.8. The van der Waals surface area contributed by atoms with E-state index in [1.807, 2.05) is 50.8 Å². The fourth-order valence-corrected chi connectivity index (χ4v) is 7.08. The zero-order valence-corrected chi connectivity index (χ0v) is 31.6. The summed E-state index contributed by atoms with van der Waals surface area (Å²) in [5.41, 5.74) is 3.20. The van der Waals surface area contributed by atoms with E-state index in [-0.39, 0.29) is 37.6 Å². The molecule has 0 unspecified atom stereocenters. The van der Waals surface area contributed by atoms with Crippen LogP contribution in [0.2, 0.25) is 15.1 Å². The molecule has 2 atom stereocenters. The fourth-order valence-electron chi connectivity index (χ4n) is 6.20. The Kier molecular flexibility index (Phi) is 12.8. The number of nitrogens with zero attached hydrogens (tertiary/aromatic N) is 3. The highest BCUT2D eigenvalue weighted by Gasteiger charge is 2.43. The van der Waals surface area contributed by atoms with Gasteiger partial charge in [-0.25, -0.2) is 9.78 Å². The molecule has 5 rings (SSSR count). The number of halogens is 3. The molecule has 12 heteroatoms. The molecular formula is C38H46Cl3N3O6. The molecule has 1 saturated carbocycles. The van der Waals surface area contributed by atoms with Crippen LogP contribution in [0.3, 0.4) is 0 Å². The molecule has 0 spiro atoms. The van der Waals surface area contributed by atoms with E-state index < -0.39 is 17.6 Å². The summed E-state index contributed by atoms with van der Waals surface area (Å²) >= 11 is 19.3. The number of hydrogen-bond donors (Lipinski definition) is 0. The molecule has 0 N–H and O–H groups in total. The molecule has 1 saturated heterocycles. The number of benzene rings is 2. The predicted molar refractivity (Wildman–Crippen MR) is 196 cm³/mol. The van der Waals surface area contributed by atoms with Gasteiger partial charge < -0.3 is 28.7 Å². The number of carbonyl (C=O) groups excluding carboxylic acids is 2. The van der Waals surface area contributed by atoms with E-state index in [1.165, 1.54) is 0 Å². The highest BCUT2D eigenvalue weighted by Crippen LogP contribution is 2.39. The number of amides is 2. The zero-order valence-electron chi connectivity index (χ0n) is 29.3. The van der Waals surface area contributed by atoms with E-state index in [1.54, 1.807) is 36.4 Å². The van der Waals surface area contributed by atoms with E-state index in [0.717, 1.165) is 41.5 Å². The molecule has 2 amide bonds. The van der Waals surface area contributed by atoms with Crippen LogP contribution < -0.4 is 9.47 Å². The molecule has 9 nitrogen and oxygen atoms in total. The van der Waals surface area contributed by atoms with Crippen LogP contribution in [0.15, 0.2) is 48.7 Å². The fraction of sp³-hybridized carbons (Fsp3) is 0.500. The van der Waals surface area contributed by atoms with Gasteiger partial charge in [-0.3, -0.25) is 4.79 Å². The molecule has 50 heavy (non-hydrogen) atoms. The second kappa shape index (κ2) is 16.9. The van der Waals surface area contributed by atoms with Gasteiger partial charge in [0.1, 0.15) is 18.8 Å². The van der Waals surface area contributed by atoms with Crippen molar-refractivity contribution < 1.29 is 28.5 Å². The van der Waals surface area contributed by atoms with Gasteiger partial charge in [-0.05, 0) is 93.8 Å². The van der Waals surface area contributed by atoms with Crippen LogP contribution in [0.4, 0.5) is 4.79 Å². The van der Waals surface area contributed by atoms with Crippen molar-refractivity contribution in [1.82, 2.24) is 14.8 Å². The number of carbonyl (C=O) groups is 2. The third kappa shape index (κ3) is 10.2. The summed E-state index contributed by atoms with van der Waals surface area (Å²) in [6.45, 7) is 9.57. The van der Waals surface area contributed by atoms with Gasteiger partial charge in [-0.1, -0.05) is 53.0 Å². The summed E-state index contributed by atoms with van der Waals surface area (Å²) in [6, 6.07) is 13.4. The SMILES string of the molecule is COCCc1ccc(Cl)c(CN(C(=O)[C@H]2CN(C(=O)OC(C)(C)C)CC[C@@H]2c2ccc(OCCOc3c(Cl)cc(C)cc3Cl)nc2)C2CC2)c1. The van der Waals surface area contributed by atoms with Gasteiger partial charge in [0.25, 0.3) is 0 Å². The van der Waals surface area contributed by atoms with Crippen LogP contribution >= 0.6 is 34.8 Å².